The van der Waals surface area contributed by atoms with Gasteiger partial charge < -0.3 is 24.1 Å². The van der Waals surface area contributed by atoms with Crippen molar-refractivity contribution in [3.05, 3.63) is 48.0 Å². The number of cyclic esters (lactones) is 1. The van der Waals surface area contributed by atoms with E-state index in [1.807, 2.05) is 42.5 Å². The Balaban J connectivity index is 1.34. The van der Waals surface area contributed by atoms with E-state index in [0.29, 0.717) is 50.5 Å². The van der Waals surface area contributed by atoms with E-state index in [9.17, 15) is 9.90 Å². The molecule has 32 heavy (non-hydrogen) atoms. The number of likely N-dealkylation sites (tertiary alicyclic amines) is 1. The van der Waals surface area contributed by atoms with Crippen LogP contribution in [0.2, 0.25) is 0 Å². The van der Waals surface area contributed by atoms with Crippen LogP contribution in [0.4, 0.5) is 10.5 Å². The second kappa shape index (κ2) is 9.26. The van der Waals surface area contributed by atoms with Gasteiger partial charge in [0.1, 0.15) is 11.9 Å². The highest BCUT2D eigenvalue weighted by molar-refractivity contribution is 5.89. The molecule has 0 radical (unpaired) electrons. The number of carbonyl (C=O) groups excluding carboxylic acids is 1. The number of aliphatic hydroxyl groups is 1. The zero-order valence-corrected chi connectivity index (χ0v) is 18.7. The molecular weight excluding hydrogens is 412 g/mol. The van der Waals surface area contributed by atoms with Crippen LogP contribution in [0.1, 0.15) is 18.4 Å². The van der Waals surface area contributed by atoms with Gasteiger partial charge in [0.05, 0.1) is 33.5 Å². The summed E-state index contributed by atoms with van der Waals surface area (Å²) in [4.78, 5) is 16.3. The number of rotatable bonds is 7. The Morgan fingerprint density at radius 1 is 1.00 bits per heavy atom. The molecule has 2 aromatic carbocycles. The third kappa shape index (κ3) is 4.47. The third-order valence-corrected chi connectivity index (χ3v) is 6.32. The van der Waals surface area contributed by atoms with Crippen LogP contribution in [0, 0.1) is 0 Å². The van der Waals surface area contributed by atoms with E-state index >= 15 is 0 Å². The summed E-state index contributed by atoms with van der Waals surface area (Å²) in [5, 5.41) is 11.3. The number of ether oxygens (including phenoxy) is 4. The summed E-state index contributed by atoms with van der Waals surface area (Å²) in [7, 11) is 4.79. The van der Waals surface area contributed by atoms with Gasteiger partial charge in [-0.2, -0.15) is 0 Å². The average Bonchev–Trinajstić information content (AvgIpc) is 3.20. The van der Waals surface area contributed by atoms with Crippen molar-refractivity contribution in [2.75, 3.05) is 52.4 Å². The van der Waals surface area contributed by atoms with Gasteiger partial charge in [0, 0.05) is 25.3 Å². The fourth-order valence-electron chi connectivity index (χ4n) is 4.40. The smallest absolute Gasteiger partial charge is 0.414 e. The maximum absolute atomic E-state index is 12.4. The van der Waals surface area contributed by atoms with Crippen molar-refractivity contribution in [3.63, 3.8) is 0 Å². The molecule has 1 N–H and O–H groups in total. The normalized spacial score (nSPS) is 20.7. The number of anilines is 1. The summed E-state index contributed by atoms with van der Waals surface area (Å²) in [5.74, 6) is 1.99. The zero-order valence-electron chi connectivity index (χ0n) is 18.7. The largest absolute Gasteiger partial charge is 0.497 e. The predicted molar refractivity (Wildman–Crippen MR) is 120 cm³/mol. The molecular formula is C24H30N2O6. The first-order chi connectivity index (χ1) is 15.5. The van der Waals surface area contributed by atoms with Crippen LogP contribution < -0.4 is 19.1 Å². The molecule has 2 heterocycles. The van der Waals surface area contributed by atoms with Crippen LogP contribution in [0.25, 0.3) is 0 Å². The minimum Gasteiger partial charge on any atom is -0.497 e. The number of hydrogen-bond donors (Lipinski definition) is 1. The lowest BCUT2D eigenvalue weighted by Crippen LogP contribution is -2.45. The molecule has 0 saturated carbocycles. The number of benzene rings is 2. The SMILES string of the molecule is COc1ccc(N2C[C@H](CN3CCC(O)(c4ccc(OC)c(OC)c4)CC3)OC2=O)cc1. The van der Waals surface area contributed by atoms with Crippen LogP contribution >= 0.6 is 0 Å². The summed E-state index contributed by atoms with van der Waals surface area (Å²) in [6.45, 7) is 2.56. The van der Waals surface area contributed by atoms with E-state index in [0.717, 1.165) is 17.0 Å². The molecule has 4 rings (SSSR count). The maximum atomic E-state index is 12.4. The molecule has 2 saturated heterocycles. The van der Waals surface area contributed by atoms with Gasteiger partial charge in [-0.25, -0.2) is 4.79 Å². The van der Waals surface area contributed by atoms with E-state index in [-0.39, 0.29) is 12.2 Å². The first kappa shape index (κ1) is 22.2. The van der Waals surface area contributed by atoms with Crippen molar-refractivity contribution < 1.29 is 28.8 Å². The standard InChI is InChI=1S/C24H30N2O6/c1-29-19-7-5-18(6-8-19)26-16-20(32-23(26)27)15-25-12-10-24(28,11-13-25)17-4-9-21(30-2)22(14-17)31-3/h4-9,14,20,28H,10-13,15-16H2,1-3H3/t20-/m0/s1. The molecule has 1 atom stereocenters. The Hall–Kier alpha value is -2.97. The molecule has 2 aliphatic heterocycles. The molecule has 0 unspecified atom stereocenters. The van der Waals surface area contributed by atoms with Crippen molar-refractivity contribution >= 4 is 11.8 Å². The van der Waals surface area contributed by atoms with Crippen molar-refractivity contribution in [1.82, 2.24) is 4.90 Å². The second-order valence-corrected chi connectivity index (χ2v) is 8.22. The van der Waals surface area contributed by atoms with Gasteiger partial charge in [-0.1, -0.05) is 6.07 Å². The summed E-state index contributed by atoms with van der Waals surface area (Å²) >= 11 is 0. The molecule has 172 valence electrons. The molecule has 0 aliphatic carbocycles. The molecule has 0 aromatic heterocycles. The van der Waals surface area contributed by atoms with E-state index < -0.39 is 5.60 Å². The summed E-state index contributed by atoms with van der Waals surface area (Å²) in [6, 6.07) is 12.9. The molecule has 8 heteroatoms. The number of piperidine rings is 1. The van der Waals surface area contributed by atoms with Gasteiger partial charge in [0.2, 0.25) is 0 Å². The van der Waals surface area contributed by atoms with Crippen molar-refractivity contribution in [2.45, 2.75) is 24.5 Å². The van der Waals surface area contributed by atoms with Crippen LogP contribution in [0.3, 0.4) is 0 Å². The van der Waals surface area contributed by atoms with Crippen LogP contribution in [0.5, 0.6) is 17.2 Å². The van der Waals surface area contributed by atoms with Crippen molar-refractivity contribution in [1.29, 1.82) is 0 Å². The van der Waals surface area contributed by atoms with Gasteiger partial charge in [0.15, 0.2) is 11.5 Å². The van der Waals surface area contributed by atoms with Crippen LogP contribution in [0.15, 0.2) is 42.5 Å². The fraction of sp³-hybridized carbons (Fsp3) is 0.458. The summed E-state index contributed by atoms with van der Waals surface area (Å²) < 4.78 is 21.5. The molecule has 2 aliphatic rings. The van der Waals surface area contributed by atoms with Gasteiger partial charge >= 0.3 is 6.09 Å². The number of amides is 1. The lowest BCUT2D eigenvalue weighted by molar-refractivity contribution is -0.0326. The minimum absolute atomic E-state index is 0.211. The average molecular weight is 443 g/mol. The van der Waals surface area contributed by atoms with Gasteiger partial charge in [-0.15, -0.1) is 0 Å². The Bertz CT molecular complexity index is 940. The number of carbonyl (C=O) groups is 1. The first-order valence-electron chi connectivity index (χ1n) is 10.7. The minimum atomic E-state index is -0.919. The van der Waals surface area contributed by atoms with E-state index in [1.165, 1.54) is 0 Å². The lowest BCUT2D eigenvalue weighted by Gasteiger charge is -2.39. The Morgan fingerprint density at radius 3 is 2.31 bits per heavy atom. The van der Waals surface area contributed by atoms with E-state index in [1.54, 1.807) is 26.2 Å². The Labute approximate surface area is 188 Å². The third-order valence-electron chi connectivity index (χ3n) is 6.32. The highest BCUT2D eigenvalue weighted by Crippen LogP contribution is 2.38. The molecule has 2 aromatic rings. The highest BCUT2D eigenvalue weighted by atomic mass is 16.6. The molecule has 1 amide bonds. The Kier molecular flexibility index (Phi) is 6.43. The molecule has 2 fully saturated rings. The highest BCUT2D eigenvalue weighted by Gasteiger charge is 2.38. The van der Waals surface area contributed by atoms with Gasteiger partial charge in [-0.3, -0.25) is 9.80 Å². The summed E-state index contributed by atoms with van der Waals surface area (Å²) in [5.41, 5.74) is 0.699. The molecule has 0 bridgehead atoms. The van der Waals surface area contributed by atoms with Crippen molar-refractivity contribution in [3.8, 4) is 17.2 Å². The fourth-order valence-corrected chi connectivity index (χ4v) is 4.40. The second-order valence-electron chi connectivity index (χ2n) is 8.22. The molecule has 0 spiro atoms. The maximum Gasteiger partial charge on any atom is 0.414 e. The number of nitrogens with zero attached hydrogens (tertiary/aromatic N) is 2. The van der Waals surface area contributed by atoms with E-state index in [2.05, 4.69) is 4.90 Å². The Morgan fingerprint density at radius 2 is 1.69 bits per heavy atom. The van der Waals surface area contributed by atoms with Crippen LogP contribution in [-0.4, -0.2) is 69.7 Å². The topological polar surface area (TPSA) is 80.7 Å². The summed E-state index contributed by atoms with van der Waals surface area (Å²) in [6.07, 6.45) is 0.632. The number of hydrogen-bond acceptors (Lipinski definition) is 7. The lowest BCUT2D eigenvalue weighted by atomic mass is 9.84. The van der Waals surface area contributed by atoms with E-state index in [4.69, 9.17) is 18.9 Å². The van der Waals surface area contributed by atoms with Gasteiger partial charge in [0.25, 0.3) is 0 Å². The van der Waals surface area contributed by atoms with Crippen LogP contribution in [-0.2, 0) is 10.3 Å². The van der Waals surface area contributed by atoms with Crippen molar-refractivity contribution in [2.24, 2.45) is 0 Å². The van der Waals surface area contributed by atoms with Gasteiger partial charge in [-0.05, 0) is 54.8 Å². The monoisotopic (exact) mass is 442 g/mol. The number of methoxy groups -OCH3 is 3. The first-order valence-corrected chi connectivity index (χ1v) is 10.7. The molecule has 8 nitrogen and oxygen atoms in total. The quantitative estimate of drug-likeness (QED) is 0.706. The predicted octanol–water partition coefficient (Wildman–Crippen LogP) is 3.02. The zero-order chi connectivity index (χ0) is 22.7.